The molecular weight excluding hydrogens is 390 g/mol. The number of para-hydroxylation sites is 1. The minimum absolute atomic E-state index is 0.627. The number of aromatic nitrogens is 3. The fraction of sp³-hybridized carbons (Fsp3) is 0.667. The summed E-state index contributed by atoms with van der Waals surface area (Å²) in [6.07, 6.45) is 9.22. The van der Waals surface area contributed by atoms with E-state index in [-0.39, 0.29) is 0 Å². The van der Waals surface area contributed by atoms with Crippen LogP contribution in [0.4, 0.5) is 5.69 Å². The van der Waals surface area contributed by atoms with Crippen LogP contribution in [0.5, 0.6) is 0 Å². The van der Waals surface area contributed by atoms with E-state index in [0.29, 0.717) is 12.0 Å². The van der Waals surface area contributed by atoms with Gasteiger partial charge in [0.2, 0.25) is 0 Å². The summed E-state index contributed by atoms with van der Waals surface area (Å²) in [5, 5.41) is 10.2. The van der Waals surface area contributed by atoms with Crippen LogP contribution in [0.1, 0.15) is 56.7 Å². The molecule has 6 heteroatoms. The molecule has 3 aliphatic rings. The van der Waals surface area contributed by atoms with Gasteiger partial charge in [-0.15, -0.1) is 10.2 Å². The zero-order valence-corrected chi connectivity index (χ0v) is 19.1. The summed E-state index contributed by atoms with van der Waals surface area (Å²) in [7, 11) is 2.16. The van der Waals surface area contributed by atoms with Crippen LogP contribution >= 0.6 is 11.8 Å². The molecule has 0 bridgehead atoms. The molecule has 0 spiro atoms. The number of benzene rings is 1. The van der Waals surface area contributed by atoms with Crippen molar-refractivity contribution in [2.45, 2.75) is 62.1 Å². The van der Waals surface area contributed by atoms with Crippen molar-refractivity contribution in [1.82, 2.24) is 19.7 Å². The van der Waals surface area contributed by atoms with E-state index in [0.717, 1.165) is 16.8 Å². The SMILES string of the molecule is Cn1c(SCCCN2CC3CCN(c4ccccc4)C3C2)nnc1C1CCCCC1. The Morgan fingerprint density at radius 2 is 1.83 bits per heavy atom. The standard InChI is InChI=1S/C24H35N5S/c1-27-23(19-9-4-2-5-10-19)25-26-24(27)30-16-8-14-28-17-20-13-15-29(22(20)18-28)21-11-6-3-7-12-21/h3,6-7,11-12,19-20,22H,2,4-5,8-10,13-18H2,1H3. The highest BCUT2D eigenvalue weighted by atomic mass is 32.2. The maximum atomic E-state index is 4.55. The van der Waals surface area contributed by atoms with Crippen LogP contribution in [-0.4, -0.2) is 57.6 Å². The highest BCUT2D eigenvalue weighted by Crippen LogP contribution is 2.35. The van der Waals surface area contributed by atoms with Gasteiger partial charge in [-0.3, -0.25) is 0 Å². The molecule has 3 fully saturated rings. The second kappa shape index (κ2) is 9.31. The van der Waals surface area contributed by atoms with Gasteiger partial charge in [-0.1, -0.05) is 49.2 Å². The first-order valence-electron chi connectivity index (χ1n) is 11.9. The smallest absolute Gasteiger partial charge is 0.190 e. The Balaban J connectivity index is 1.08. The Kier molecular flexibility index (Phi) is 6.32. The molecule has 30 heavy (non-hydrogen) atoms. The number of rotatable bonds is 7. The summed E-state index contributed by atoms with van der Waals surface area (Å²) in [4.78, 5) is 5.33. The van der Waals surface area contributed by atoms with Gasteiger partial charge >= 0.3 is 0 Å². The maximum absolute atomic E-state index is 4.55. The van der Waals surface area contributed by atoms with Gasteiger partial charge in [-0.05, 0) is 50.3 Å². The molecule has 5 nitrogen and oxygen atoms in total. The van der Waals surface area contributed by atoms with Gasteiger partial charge in [0, 0.05) is 50.1 Å². The first-order valence-corrected chi connectivity index (χ1v) is 12.8. The molecule has 0 N–H and O–H groups in total. The minimum Gasteiger partial charge on any atom is -0.367 e. The van der Waals surface area contributed by atoms with Crippen molar-refractivity contribution >= 4 is 17.4 Å². The topological polar surface area (TPSA) is 37.2 Å². The van der Waals surface area contributed by atoms with Crippen molar-refractivity contribution in [3.8, 4) is 0 Å². The average Bonchev–Trinajstić information content (AvgIpc) is 3.47. The summed E-state index contributed by atoms with van der Waals surface area (Å²) in [5.41, 5.74) is 1.40. The Morgan fingerprint density at radius 1 is 1.00 bits per heavy atom. The van der Waals surface area contributed by atoms with Gasteiger partial charge in [-0.2, -0.15) is 0 Å². The second-order valence-electron chi connectivity index (χ2n) is 9.34. The van der Waals surface area contributed by atoms with Crippen molar-refractivity contribution in [2.75, 3.05) is 36.8 Å². The minimum atomic E-state index is 0.627. The van der Waals surface area contributed by atoms with E-state index in [9.17, 15) is 0 Å². The van der Waals surface area contributed by atoms with E-state index in [1.807, 2.05) is 11.8 Å². The highest BCUT2D eigenvalue weighted by molar-refractivity contribution is 7.99. The lowest BCUT2D eigenvalue weighted by Gasteiger charge is -2.27. The summed E-state index contributed by atoms with van der Waals surface area (Å²) < 4.78 is 2.26. The molecule has 2 unspecified atom stereocenters. The normalized spacial score (nSPS) is 25.2. The molecule has 1 aliphatic carbocycles. The van der Waals surface area contributed by atoms with E-state index in [1.54, 1.807) is 0 Å². The molecular formula is C24H35N5S. The number of thioether (sulfide) groups is 1. The van der Waals surface area contributed by atoms with E-state index < -0.39 is 0 Å². The van der Waals surface area contributed by atoms with Crippen LogP contribution in [-0.2, 0) is 7.05 Å². The first kappa shape index (κ1) is 20.4. The van der Waals surface area contributed by atoms with Crippen molar-refractivity contribution in [3.63, 3.8) is 0 Å². The summed E-state index contributed by atoms with van der Waals surface area (Å²) in [5.74, 6) is 3.81. The third-order valence-electron chi connectivity index (χ3n) is 7.40. The molecule has 0 radical (unpaired) electrons. The van der Waals surface area contributed by atoms with Crippen LogP contribution in [0.25, 0.3) is 0 Å². The van der Waals surface area contributed by atoms with Crippen LogP contribution < -0.4 is 4.90 Å². The predicted octanol–water partition coefficient (Wildman–Crippen LogP) is 4.56. The Morgan fingerprint density at radius 3 is 2.67 bits per heavy atom. The molecule has 1 saturated carbocycles. The van der Waals surface area contributed by atoms with Crippen molar-refractivity contribution in [3.05, 3.63) is 36.2 Å². The van der Waals surface area contributed by atoms with Crippen LogP contribution in [0.3, 0.4) is 0 Å². The number of nitrogens with zero attached hydrogens (tertiary/aromatic N) is 5. The monoisotopic (exact) mass is 425 g/mol. The highest BCUT2D eigenvalue weighted by Gasteiger charge is 2.40. The Hall–Kier alpha value is -1.53. The Bertz CT molecular complexity index is 816. The van der Waals surface area contributed by atoms with Gasteiger partial charge in [0.25, 0.3) is 0 Å². The fourth-order valence-electron chi connectivity index (χ4n) is 5.79. The third-order valence-corrected chi connectivity index (χ3v) is 8.51. The zero-order chi connectivity index (χ0) is 20.3. The van der Waals surface area contributed by atoms with Gasteiger partial charge in [0.05, 0.1) is 0 Å². The van der Waals surface area contributed by atoms with Crippen molar-refractivity contribution in [2.24, 2.45) is 13.0 Å². The number of likely N-dealkylation sites (tertiary alicyclic amines) is 1. The lowest BCUT2D eigenvalue weighted by Crippen LogP contribution is -2.35. The number of hydrogen-bond donors (Lipinski definition) is 0. The lowest BCUT2D eigenvalue weighted by atomic mass is 9.89. The zero-order valence-electron chi connectivity index (χ0n) is 18.2. The lowest BCUT2D eigenvalue weighted by molar-refractivity contribution is 0.319. The molecule has 2 atom stereocenters. The molecule has 1 aromatic carbocycles. The van der Waals surface area contributed by atoms with E-state index in [1.165, 1.54) is 82.6 Å². The number of hydrogen-bond acceptors (Lipinski definition) is 5. The van der Waals surface area contributed by atoms with Crippen molar-refractivity contribution in [1.29, 1.82) is 0 Å². The maximum Gasteiger partial charge on any atom is 0.190 e. The van der Waals surface area contributed by atoms with Crippen LogP contribution in [0.2, 0.25) is 0 Å². The molecule has 5 rings (SSSR count). The summed E-state index contributed by atoms with van der Waals surface area (Å²) >= 11 is 1.89. The molecule has 2 aromatic rings. The predicted molar refractivity (Wildman–Crippen MR) is 124 cm³/mol. The number of anilines is 1. The van der Waals surface area contributed by atoms with E-state index >= 15 is 0 Å². The fourth-order valence-corrected chi connectivity index (χ4v) is 6.63. The third kappa shape index (κ3) is 4.26. The van der Waals surface area contributed by atoms with Crippen LogP contribution in [0.15, 0.2) is 35.5 Å². The molecule has 3 heterocycles. The van der Waals surface area contributed by atoms with Gasteiger partial charge in [0.15, 0.2) is 5.16 Å². The molecule has 2 aliphatic heterocycles. The van der Waals surface area contributed by atoms with Gasteiger partial charge < -0.3 is 14.4 Å². The molecule has 0 amide bonds. The largest absolute Gasteiger partial charge is 0.367 e. The second-order valence-corrected chi connectivity index (χ2v) is 10.4. The molecule has 1 aromatic heterocycles. The molecule has 162 valence electrons. The quantitative estimate of drug-likeness (QED) is 0.480. The summed E-state index contributed by atoms with van der Waals surface area (Å²) in [6.45, 7) is 4.92. The Labute approximate surface area is 185 Å². The van der Waals surface area contributed by atoms with Crippen molar-refractivity contribution < 1.29 is 0 Å². The molecule has 2 saturated heterocycles. The first-order chi connectivity index (χ1) is 14.8. The average molecular weight is 426 g/mol. The van der Waals surface area contributed by atoms with E-state index in [2.05, 4.69) is 61.9 Å². The summed E-state index contributed by atoms with van der Waals surface area (Å²) in [6, 6.07) is 11.7. The number of fused-ring (bicyclic) bond motifs is 1. The van der Waals surface area contributed by atoms with Gasteiger partial charge in [-0.25, -0.2) is 0 Å². The van der Waals surface area contributed by atoms with Crippen LogP contribution in [0, 0.1) is 5.92 Å². The van der Waals surface area contributed by atoms with E-state index in [4.69, 9.17) is 0 Å². The van der Waals surface area contributed by atoms with Gasteiger partial charge in [0.1, 0.15) is 5.82 Å².